The average molecular weight is 394 g/mol. The van der Waals surface area contributed by atoms with E-state index in [9.17, 15) is 14.4 Å². The number of esters is 1. The highest BCUT2D eigenvalue weighted by atomic mass is 35.5. The molecule has 0 spiro atoms. The highest BCUT2D eigenvalue weighted by Gasteiger charge is 2.13. The molecule has 5 nitrogen and oxygen atoms in total. The summed E-state index contributed by atoms with van der Waals surface area (Å²) in [7, 11) is 0. The minimum Gasteiger partial charge on any atom is -0.456 e. The minimum atomic E-state index is -0.627. The summed E-state index contributed by atoms with van der Waals surface area (Å²) in [5, 5.41) is 3.49. The molecule has 136 valence electrons. The van der Waals surface area contributed by atoms with Gasteiger partial charge in [-0.05, 0) is 48.9 Å². The van der Waals surface area contributed by atoms with Crippen LogP contribution in [0.1, 0.15) is 28.8 Å². The molecule has 2 rings (SSSR count). The third kappa shape index (κ3) is 6.17. The van der Waals surface area contributed by atoms with E-state index in [4.69, 9.17) is 27.9 Å². The number of halogens is 2. The van der Waals surface area contributed by atoms with E-state index >= 15 is 0 Å². The molecule has 7 heteroatoms. The number of hydrogen-bond donors (Lipinski definition) is 1. The summed E-state index contributed by atoms with van der Waals surface area (Å²) >= 11 is 11.8. The molecule has 26 heavy (non-hydrogen) atoms. The molecule has 0 aliphatic heterocycles. The molecule has 0 aliphatic rings. The van der Waals surface area contributed by atoms with E-state index in [2.05, 4.69) is 5.32 Å². The summed E-state index contributed by atoms with van der Waals surface area (Å²) in [6.07, 6.45) is -0.119. The summed E-state index contributed by atoms with van der Waals surface area (Å²) in [5.74, 6) is -1.33. The van der Waals surface area contributed by atoms with Crippen molar-refractivity contribution in [1.29, 1.82) is 0 Å². The van der Waals surface area contributed by atoms with Crippen LogP contribution in [0.3, 0.4) is 0 Å². The number of nitrogens with one attached hydrogen (secondary N) is 1. The molecule has 1 amide bonds. The number of Topliss-reactive ketones (excluding diaryl/α,β-unsaturated/α-hetero) is 1. The normalized spacial score (nSPS) is 10.3. The van der Waals surface area contributed by atoms with E-state index in [1.54, 1.807) is 42.5 Å². The number of carbonyl (C=O) groups is 3. The van der Waals surface area contributed by atoms with Gasteiger partial charge in [-0.15, -0.1) is 0 Å². The molecule has 0 saturated heterocycles. The Kier molecular flexibility index (Phi) is 7.18. The van der Waals surface area contributed by atoms with Crippen LogP contribution >= 0.6 is 23.2 Å². The van der Waals surface area contributed by atoms with Gasteiger partial charge in [0.25, 0.3) is 5.91 Å². The largest absolute Gasteiger partial charge is 0.456 e. The van der Waals surface area contributed by atoms with Gasteiger partial charge in [-0.25, -0.2) is 0 Å². The van der Waals surface area contributed by atoms with Gasteiger partial charge in [0, 0.05) is 17.0 Å². The second-order valence-electron chi connectivity index (χ2n) is 5.62. The highest BCUT2D eigenvalue weighted by molar-refractivity contribution is 6.33. The van der Waals surface area contributed by atoms with Crippen LogP contribution in [0.25, 0.3) is 0 Å². The summed E-state index contributed by atoms with van der Waals surface area (Å²) in [6, 6.07) is 11.6. The Balaban J connectivity index is 1.74. The first-order chi connectivity index (χ1) is 12.3. The van der Waals surface area contributed by atoms with Crippen LogP contribution in [-0.2, 0) is 14.3 Å². The zero-order chi connectivity index (χ0) is 19.1. The van der Waals surface area contributed by atoms with Crippen molar-refractivity contribution < 1.29 is 19.1 Å². The molecule has 0 aromatic heterocycles. The first-order valence-corrected chi connectivity index (χ1v) is 8.61. The molecule has 1 N–H and O–H groups in total. The quantitative estimate of drug-likeness (QED) is 0.557. The Bertz CT molecular complexity index is 819. The Morgan fingerprint density at radius 1 is 1.00 bits per heavy atom. The maximum Gasteiger partial charge on any atom is 0.306 e. The molecule has 0 fully saturated rings. The standard InChI is InChI=1S/C19H17Cl2NO4/c1-12-2-7-16(15(21)10-12)22-18(24)11-26-19(25)9-8-17(23)13-3-5-14(20)6-4-13/h2-7,10H,8-9,11H2,1H3,(H,22,24). The van der Waals surface area contributed by atoms with Gasteiger partial charge in [0.05, 0.1) is 17.1 Å². The van der Waals surface area contributed by atoms with E-state index in [1.807, 2.05) is 6.92 Å². The molecule has 0 radical (unpaired) electrons. The summed E-state index contributed by atoms with van der Waals surface area (Å²) in [4.78, 5) is 35.5. The fourth-order valence-electron chi connectivity index (χ4n) is 2.12. The van der Waals surface area contributed by atoms with Gasteiger partial charge in [-0.3, -0.25) is 14.4 Å². The maximum atomic E-state index is 12.0. The summed E-state index contributed by atoms with van der Waals surface area (Å²) in [6.45, 7) is 1.43. The van der Waals surface area contributed by atoms with Crippen molar-refractivity contribution in [3.8, 4) is 0 Å². The van der Waals surface area contributed by atoms with Crippen molar-refractivity contribution >= 4 is 46.5 Å². The first-order valence-electron chi connectivity index (χ1n) is 7.85. The van der Waals surface area contributed by atoms with Crippen LogP contribution in [0.5, 0.6) is 0 Å². The average Bonchev–Trinajstić information content (AvgIpc) is 2.61. The number of amides is 1. The molecular formula is C19H17Cl2NO4. The van der Waals surface area contributed by atoms with Crippen molar-refractivity contribution in [1.82, 2.24) is 0 Å². The smallest absolute Gasteiger partial charge is 0.306 e. The minimum absolute atomic E-state index is 0.00806. The van der Waals surface area contributed by atoms with Gasteiger partial charge in [0.15, 0.2) is 12.4 Å². The Morgan fingerprint density at radius 3 is 2.35 bits per heavy atom. The number of rotatable bonds is 7. The number of benzene rings is 2. The zero-order valence-corrected chi connectivity index (χ0v) is 15.6. The number of ketones is 1. The van der Waals surface area contributed by atoms with E-state index < -0.39 is 18.5 Å². The van der Waals surface area contributed by atoms with Gasteiger partial charge in [-0.2, -0.15) is 0 Å². The second kappa shape index (κ2) is 9.36. The molecule has 0 unspecified atom stereocenters. The lowest BCUT2D eigenvalue weighted by Crippen LogP contribution is -2.21. The van der Waals surface area contributed by atoms with Crippen LogP contribution in [0.2, 0.25) is 10.0 Å². The number of hydrogen-bond acceptors (Lipinski definition) is 4. The van der Waals surface area contributed by atoms with E-state index in [0.29, 0.717) is 21.3 Å². The third-order valence-corrected chi connectivity index (χ3v) is 4.05. The van der Waals surface area contributed by atoms with Crippen molar-refractivity contribution in [3.05, 3.63) is 63.6 Å². The van der Waals surface area contributed by atoms with E-state index in [-0.39, 0.29) is 18.6 Å². The Hall–Kier alpha value is -2.37. The van der Waals surface area contributed by atoms with Gasteiger partial charge in [-0.1, -0.05) is 29.3 Å². The molecule has 0 saturated carbocycles. The predicted octanol–water partition coefficient (Wildman–Crippen LogP) is 4.45. The van der Waals surface area contributed by atoms with Gasteiger partial charge in [0.1, 0.15) is 0 Å². The van der Waals surface area contributed by atoms with Crippen LogP contribution in [0.15, 0.2) is 42.5 Å². The molecule has 2 aromatic carbocycles. The zero-order valence-electron chi connectivity index (χ0n) is 14.1. The van der Waals surface area contributed by atoms with E-state index in [0.717, 1.165) is 5.56 Å². The molecule has 0 bridgehead atoms. The molecule has 0 heterocycles. The topological polar surface area (TPSA) is 72.5 Å². The number of ether oxygens (including phenoxy) is 1. The molecule has 0 atom stereocenters. The summed E-state index contributed by atoms with van der Waals surface area (Å²) in [5.41, 5.74) is 1.87. The molecule has 2 aromatic rings. The number of anilines is 1. The van der Waals surface area contributed by atoms with Crippen LogP contribution in [-0.4, -0.2) is 24.3 Å². The third-order valence-electron chi connectivity index (χ3n) is 3.49. The maximum absolute atomic E-state index is 12.0. The fourth-order valence-corrected chi connectivity index (χ4v) is 2.53. The van der Waals surface area contributed by atoms with Crippen LogP contribution in [0, 0.1) is 6.92 Å². The van der Waals surface area contributed by atoms with Crippen LogP contribution in [0.4, 0.5) is 5.69 Å². The Labute approximate surface area is 161 Å². The van der Waals surface area contributed by atoms with Crippen molar-refractivity contribution in [3.63, 3.8) is 0 Å². The lowest BCUT2D eigenvalue weighted by atomic mass is 10.1. The number of aryl methyl sites for hydroxylation is 1. The fraction of sp³-hybridized carbons (Fsp3) is 0.211. The SMILES string of the molecule is Cc1ccc(NC(=O)COC(=O)CCC(=O)c2ccc(Cl)cc2)c(Cl)c1. The van der Waals surface area contributed by atoms with Gasteiger partial charge < -0.3 is 10.1 Å². The second-order valence-corrected chi connectivity index (χ2v) is 6.47. The van der Waals surface area contributed by atoms with Crippen molar-refractivity contribution in [2.45, 2.75) is 19.8 Å². The van der Waals surface area contributed by atoms with Gasteiger partial charge >= 0.3 is 5.97 Å². The summed E-state index contributed by atoms with van der Waals surface area (Å²) < 4.78 is 4.88. The molecular weight excluding hydrogens is 377 g/mol. The predicted molar refractivity (Wildman–Crippen MR) is 101 cm³/mol. The van der Waals surface area contributed by atoms with E-state index in [1.165, 1.54) is 0 Å². The van der Waals surface area contributed by atoms with Gasteiger partial charge in [0.2, 0.25) is 0 Å². The lowest BCUT2D eigenvalue weighted by Gasteiger charge is -2.08. The lowest BCUT2D eigenvalue weighted by molar-refractivity contribution is -0.147. The molecule has 0 aliphatic carbocycles. The monoisotopic (exact) mass is 393 g/mol. The van der Waals surface area contributed by atoms with Crippen LogP contribution < -0.4 is 5.32 Å². The highest BCUT2D eigenvalue weighted by Crippen LogP contribution is 2.22. The number of carbonyl (C=O) groups excluding carboxylic acids is 3. The van der Waals surface area contributed by atoms with Crippen molar-refractivity contribution in [2.24, 2.45) is 0 Å². The first kappa shape index (κ1) is 19.9. The van der Waals surface area contributed by atoms with Crippen molar-refractivity contribution in [2.75, 3.05) is 11.9 Å². The Morgan fingerprint density at radius 2 is 1.69 bits per heavy atom.